The van der Waals surface area contributed by atoms with Gasteiger partial charge in [-0.15, -0.1) is 0 Å². The predicted octanol–water partition coefficient (Wildman–Crippen LogP) is 3.49. The van der Waals surface area contributed by atoms with Gasteiger partial charge in [0.05, 0.1) is 11.7 Å². The molecule has 0 aliphatic rings. The third-order valence-electron chi connectivity index (χ3n) is 1.83. The summed E-state index contributed by atoms with van der Waals surface area (Å²) in [6.07, 6.45) is 1.68. The third-order valence-corrected chi connectivity index (χ3v) is 2.32. The Morgan fingerprint density at radius 3 is 2.67 bits per heavy atom. The predicted molar refractivity (Wildman–Crippen MR) is 65.1 cm³/mol. The van der Waals surface area contributed by atoms with E-state index in [0.717, 1.165) is 15.4 Å². The Labute approximate surface area is 97.2 Å². The summed E-state index contributed by atoms with van der Waals surface area (Å²) in [6.45, 7) is 5.49. The minimum atomic E-state index is -0.0758. The monoisotopic (exact) mass is 268 g/mol. The zero-order valence-corrected chi connectivity index (χ0v) is 10.6. The van der Waals surface area contributed by atoms with Crippen LogP contribution in [0.5, 0.6) is 0 Å². The van der Waals surface area contributed by atoms with E-state index < -0.39 is 0 Å². The van der Waals surface area contributed by atoms with E-state index >= 15 is 0 Å². The van der Waals surface area contributed by atoms with Crippen LogP contribution in [-0.4, -0.2) is 15.7 Å². The van der Waals surface area contributed by atoms with Crippen molar-refractivity contribution in [1.29, 1.82) is 0 Å². The van der Waals surface area contributed by atoms with Gasteiger partial charge in [0.15, 0.2) is 0 Å². The number of aromatic nitrogens is 2. The van der Waals surface area contributed by atoms with E-state index in [0.29, 0.717) is 0 Å². The fourth-order valence-corrected chi connectivity index (χ4v) is 1.59. The molecule has 4 heteroatoms. The van der Waals surface area contributed by atoms with E-state index in [1.165, 1.54) is 11.6 Å². The van der Waals surface area contributed by atoms with Crippen LogP contribution in [0.2, 0.25) is 0 Å². The summed E-state index contributed by atoms with van der Waals surface area (Å²) in [5, 5.41) is 4.95. The van der Waals surface area contributed by atoms with E-state index in [9.17, 15) is 4.79 Å². The first-order valence-electron chi connectivity index (χ1n) is 4.83. The van der Waals surface area contributed by atoms with Crippen LogP contribution in [0.25, 0.3) is 10.9 Å². The number of carbonyl (C=O) groups is 1. The minimum Gasteiger partial charge on any atom is -0.273 e. The molecule has 2 rings (SSSR count). The van der Waals surface area contributed by atoms with Crippen LogP contribution in [0.3, 0.4) is 0 Å². The topological polar surface area (TPSA) is 34.9 Å². The summed E-state index contributed by atoms with van der Waals surface area (Å²) in [7, 11) is 0. The minimum absolute atomic E-state index is 0.0758. The number of halogens is 1. The summed E-state index contributed by atoms with van der Waals surface area (Å²) < 4.78 is 2.34. The van der Waals surface area contributed by atoms with E-state index in [1.807, 2.05) is 32.0 Å². The van der Waals surface area contributed by atoms with E-state index in [4.69, 9.17) is 0 Å². The van der Waals surface area contributed by atoms with Gasteiger partial charge in [-0.05, 0) is 12.1 Å². The lowest BCUT2D eigenvalue weighted by atomic mass is 10.2. The number of carbonyl (C=O) groups excluding carboxylic acids is 1. The van der Waals surface area contributed by atoms with Crippen molar-refractivity contribution in [2.75, 3.05) is 0 Å². The molecule has 1 heterocycles. The van der Waals surface area contributed by atoms with Crippen LogP contribution in [0, 0.1) is 0 Å². The quantitative estimate of drug-likeness (QED) is 0.733. The van der Waals surface area contributed by atoms with Gasteiger partial charge in [0.1, 0.15) is 0 Å². The maximum Gasteiger partial charge on any atom is 0.244 e. The van der Waals surface area contributed by atoms with Crippen molar-refractivity contribution in [1.82, 2.24) is 9.78 Å². The molecule has 0 saturated carbocycles. The Hall–Kier alpha value is -1.16. The molecular formula is C11H13BrN2O. The number of benzene rings is 1. The highest BCUT2D eigenvalue weighted by Gasteiger charge is 2.05. The Morgan fingerprint density at radius 1 is 1.40 bits per heavy atom. The molecule has 0 aliphatic carbocycles. The normalized spacial score (nSPS) is 9.60. The van der Waals surface area contributed by atoms with Gasteiger partial charge in [0, 0.05) is 16.8 Å². The van der Waals surface area contributed by atoms with E-state index in [1.54, 1.807) is 6.20 Å². The second-order valence-corrected chi connectivity index (χ2v) is 3.69. The summed E-state index contributed by atoms with van der Waals surface area (Å²) in [6, 6.07) is 5.73. The van der Waals surface area contributed by atoms with E-state index in [-0.39, 0.29) is 5.91 Å². The number of hydrogen-bond acceptors (Lipinski definition) is 2. The van der Waals surface area contributed by atoms with Crippen LogP contribution < -0.4 is 0 Å². The molecular weight excluding hydrogens is 256 g/mol. The molecule has 3 nitrogen and oxygen atoms in total. The fourth-order valence-electron chi connectivity index (χ4n) is 1.24. The molecule has 2 aromatic rings. The number of hydrogen-bond donors (Lipinski definition) is 0. The van der Waals surface area contributed by atoms with Gasteiger partial charge in [0.2, 0.25) is 5.91 Å². The average Bonchev–Trinajstić information content (AvgIpc) is 2.63. The standard InChI is InChI=1S/C9H7BrN2O.C2H6/c1-6(13)12-9-4-8(10)3-2-7(9)5-11-12;1-2/h2-5H,1H3;1-2H3. The Bertz CT molecular complexity index is 476. The van der Waals surface area contributed by atoms with Crippen LogP contribution in [0.4, 0.5) is 0 Å². The first-order valence-corrected chi connectivity index (χ1v) is 5.62. The highest BCUT2D eigenvalue weighted by Crippen LogP contribution is 2.19. The first-order chi connectivity index (χ1) is 7.18. The lowest BCUT2D eigenvalue weighted by Gasteiger charge is -1.96. The smallest absolute Gasteiger partial charge is 0.244 e. The molecule has 15 heavy (non-hydrogen) atoms. The zero-order valence-electron chi connectivity index (χ0n) is 8.99. The van der Waals surface area contributed by atoms with Crippen molar-refractivity contribution in [2.24, 2.45) is 0 Å². The summed E-state index contributed by atoms with van der Waals surface area (Å²) >= 11 is 3.35. The first kappa shape index (κ1) is 11.9. The summed E-state index contributed by atoms with van der Waals surface area (Å²) in [5.74, 6) is -0.0758. The van der Waals surface area contributed by atoms with Crippen molar-refractivity contribution in [3.8, 4) is 0 Å². The van der Waals surface area contributed by atoms with Crippen LogP contribution in [0.1, 0.15) is 25.6 Å². The van der Waals surface area contributed by atoms with Crippen molar-refractivity contribution in [3.05, 3.63) is 28.9 Å². The second-order valence-electron chi connectivity index (χ2n) is 2.78. The van der Waals surface area contributed by atoms with Crippen molar-refractivity contribution >= 4 is 32.7 Å². The van der Waals surface area contributed by atoms with Crippen LogP contribution in [-0.2, 0) is 0 Å². The van der Waals surface area contributed by atoms with Crippen molar-refractivity contribution in [2.45, 2.75) is 20.8 Å². The van der Waals surface area contributed by atoms with Gasteiger partial charge < -0.3 is 0 Å². The van der Waals surface area contributed by atoms with Crippen molar-refractivity contribution in [3.63, 3.8) is 0 Å². The van der Waals surface area contributed by atoms with Crippen molar-refractivity contribution < 1.29 is 4.79 Å². The largest absolute Gasteiger partial charge is 0.273 e. The lowest BCUT2D eigenvalue weighted by molar-refractivity contribution is 0.0927. The molecule has 0 aliphatic heterocycles. The van der Waals surface area contributed by atoms with Gasteiger partial charge in [-0.2, -0.15) is 5.10 Å². The molecule has 0 N–H and O–H groups in total. The Kier molecular flexibility index (Phi) is 4.03. The molecule has 0 fully saturated rings. The zero-order chi connectivity index (χ0) is 11.4. The van der Waals surface area contributed by atoms with E-state index in [2.05, 4.69) is 21.0 Å². The average molecular weight is 269 g/mol. The van der Waals surface area contributed by atoms with Gasteiger partial charge in [-0.1, -0.05) is 35.8 Å². The maximum atomic E-state index is 11.1. The number of nitrogens with zero attached hydrogens (tertiary/aromatic N) is 2. The molecule has 0 bridgehead atoms. The number of fused-ring (bicyclic) bond motifs is 1. The highest BCUT2D eigenvalue weighted by molar-refractivity contribution is 9.10. The molecule has 0 amide bonds. The lowest BCUT2D eigenvalue weighted by Crippen LogP contribution is -2.06. The molecule has 1 aromatic heterocycles. The fraction of sp³-hybridized carbons (Fsp3) is 0.273. The highest BCUT2D eigenvalue weighted by atomic mass is 79.9. The maximum absolute atomic E-state index is 11.1. The van der Waals surface area contributed by atoms with Gasteiger partial charge in [-0.25, -0.2) is 4.68 Å². The molecule has 0 spiro atoms. The summed E-state index contributed by atoms with van der Waals surface area (Å²) in [4.78, 5) is 11.1. The third kappa shape index (κ3) is 2.45. The van der Waals surface area contributed by atoms with Gasteiger partial charge >= 0.3 is 0 Å². The number of rotatable bonds is 0. The molecule has 0 saturated heterocycles. The second kappa shape index (κ2) is 5.07. The van der Waals surface area contributed by atoms with Gasteiger partial charge in [0.25, 0.3) is 0 Å². The van der Waals surface area contributed by atoms with Crippen LogP contribution in [0.15, 0.2) is 28.9 Å². The molecule has 1 aromatic carbocycles. The Morgan fingerprint density at radius 2 is 2.07 bits per heavy atom. The summed E-state index contributed by atoms with van der Waals surface area (Å²) in [5.41, 5.74) is 0.835. The Balaban J connectivity index is 0.000000531. The van der Waals surface area contributed by atoms with Crippen LogP contribution >= 0.6 is 15.9 Å². The molecule has 80 valence electrons. The van der Waals surface area contributed by atoms with Gasteiger partial charge in [-0.3, -0.25) is 4.79 Å². The molecule has 0 unspecified atom stereocenters. The molecule has 0 atom stereocenters. The SMILES string of the molecule is CC.CC(=O)n1ncc2ccc(Br)cc21. The molecule has 0 radical (unpaired) electrons.